The van der Waals surface area contributed by atoms with Crippen molar-refractivity contribution in [2.75, 3.05) is 6.61 Å². The van der Waals surface area contributed by atoms with E-state index in [9.17, 15) is 9.90 Å². The molecule has 0 saturated heterocycles. The Morgan fingerprint density at radius 2 is 2.11 bits per heavy atom. The van der Waals surface area contributed by atoms with Crippen molar-refractivity contribution in [3.05, 3.63) is 30.3 Å². The van der Waals surface area contributed by atoms with Gasteiger partial charge in [0.15, 0.2) is 0 Å². The molecule has 4 nitrogen and oxygen atoms in total. The van der Waals surface area contributed by atoms with Gasteiger partial charge < -0.3 is 9.84 Å². The van der Waals surface area contributed by atoms with E-state index in [-0.39, 0.29) is 6.04 Å². The first kappa shape index (κ1) is 12.9. The third-order valence-electron chi connectivity index (χ3n) is 3.38. The lowest BCUT2D eigenvalue weighted by molar-refractivity contribution is -0.149. The predicted molar refractivity (Wildman–Crippen MR) is 68.8 cm³/mol. The van der Waals surface area contributed by atoms with Crippen molar-refractivity contribution in [2.24, 2.45) is 0 Å². The summed E-state index contributed by atoms with van der Waals surface area (Å²) >= 11 is 0. The highest BCUT2D eigenvalue weighted by Gasteiger charge is 2.44. The topological polar surface area (TPSA) is 58.6 Å². The van der Waals surface area contributed by atoms with E-state index in [0.717, 1.165) is 12.2 Å². The van der Waals surface area contributed by atoms with Gasteiger partial charge in [0.05, 0.1) is 0 Å². The molecule has 4 heteroatoms. The van der Waals surface area contributed by atoms with Crippen LogP contribution in [0.15, 0.2) is 30.3 Å². The van der Waals surface area contributed by atoms with Gasteiger partial charge in [0, 0.05) is 6.04 Å². The molecule has 0 heterocycles. The van der Waals surface area contributed by atoms with Crippen LogP contribution in [0.25, 0.3) is 0 Å². The molecule has 0 amide bonds. The molecule has 2 N–H and O–H groups in total. The average Bonchev–Trinajstić information content (AvgIpc) is 2.32. The number of benzene rings is 1. The molecule has 1 aliphatic carbocycles. The van der Waals surface area contributed by atoms with Gasteiger partial charge >= 0.3 is 5.97 Å². The Bertz CT molecular complexity index is 401. The number of hydrogen-bond donors (Lipinski definition) is 2. The SMILES string of the molecule is C[C@@H](COc1ccccc1)NC1(C(=O)O)CCC1. The molecule has 0 aliphatic heterocycles. The summed E-state index contributed by atoms with van der Waals surface area (Å²) in [6.07, 6.45) is 2.39. The summed E-state index contributed by atoms with van der Waals surface area (Å²) in [6, 6.07) is 9.56. The fourth-order valence-corrected chi connectivity index (χ4v) is 2.20. The maximum Gasteiger partial charge on any atom is 0.323 e. The number of carbonyl (C=O) groups is 1. The maximum absolute atomic E-state index is 11.2. The number of rotatable bonds is 6. The summed E-state index contributed by atoms with van der Waals surface area (Å²) < 4.78 is 5.61. The molecule has 98 valence electrons. The third kappa shape index (κ3) is 2.82. The molecule has 1 aromatic rings. The molecule has 0 bridgehead atoms. The monoisotopic (exact) mass is 249 g/mol. The second kappa shape index (κ2) is 5.40. The van der Waals surface area contributed by atoms with Crippen molar-refractivity contribution in [3.8, 4) is 5.75 Å². The van der Waals surface area contributed by atoms with E-state index < -0.39 is 11.5 Å². The molecule has 1 fully saturated rings. The van der Waals surface area contributed by atoms with Crippen LogP contribution in [0.4, 0.5) is 0 Å². The van der Waals surface area contributed by atoms with Crippen LogP contribution in [-0.2, 0) is 4.79 Å². The van der Waals surface area contributed by atoms with Gasteiger partial charge in [-0.05, 0) is 38.3 Å². The normalized spacial score (nSPS) is 18.7. The highest BCUT2D eigenvalue weighted by Crippen LogP contribution is 2.32. The van der Waals surface area contributed by atoms with E-state index in [1.165, 1.54) is 0 Å². The fraction of sp³-hybridized carbons (Fsp3) is 0.500. The van der Waals surface area contributed by atoms with Crippen LogP contribution >= 0.6 is 0 Å². The Labute approximate surface area is 107 Å². The Morgan fingerprint density at radius 1 is 1.44 bits per heavy atom. The summed E-state index contributed by atoms with van der Waals surface area (Å²) in [5, 5.41) is 12.4. The van der Waals surface area contributed by atoms with Crippen LogP contribution in [0.3, 0.4) is 0 Å². The van der Waals surface area contributed by atoms with Gasteiger partial charge in [0.1, 0.15) is 17.9 Å². The molecule has 0 spiro atoms. The molecule has 0 aromatic heterocycles. The number of para-hydroxylation sites is 1. The number of carboxylic acids is 1. The van der Waals surface area contributed by atoms with Crippen molar-refractivity contribution in [3.63, 3.8) is 0 Å². The highest BCUT2D eigenvalue weighted by atomic mass is 16.5. The zero-order valence-corrected chi connectivity index (χ0v) is 10.6. The fourth-order valence-electron chi connectivity index (χ4n) is 2.20. The largest absolute Gasteiger partial charge is 0.492 e. The lowest BCUT2D eigenvalue weighted by Gasteiger charge is -2.40. The van der Waals surface area contributed by atoms with Crippen molar-refractivity contribution >= 4 is 5.97 Å². The summed E-state index contributed by atoms with van der Waals surface area (Å²) in [6.45, 7) is 2.42. The minimum atomic E-state index is -0.750. The van der Waals surface area contributed by atoms with Crippen LogP contribution in [-0.4, -0.2) is 29.3 Å². The second-order valence-electron chi connectivity index (χ2n) is 4.91. The Hall–Kier alpha value is -1.55. The van der Waals surface area contributed by atoms with E-state index in [4.69, 9.17) is 4.74 Å². The summed E-state index contributed by atoms with van der Waals surface area (Å²) in [4.78, 5) is 11.2. The molecule has 0 radical (unpaired) electrons. The first-order valence-corrected chi connectivity index (χ1v) is 6.31. The van der Waals surface area contributed by atoms with Gasteiger partial charge in [-0.15, -0.1) is 0 Å². The highest BCUT2D eigenvalue weighted by molar-refractivity contribution is 5.80. The van der Waals surface area contributed by atoms with Gasteiger partial charge in [-0.1, -0.05) is 18.2 Å². The Kier molecular flexibility index (Phi) is 3.87. The van der Waals surface area contributed by atoms with Crippen LogP contribution in [0.2, 0.25) is 0 Å². The molecule has 18 heavy (non-hydrogen) atoms. The average molecular weight is 249 g/mol. The van der Waals surface area contributed by atoms with Gasteiger partial charge in [0.2, 0.25) is 0 Å². The standard InChI is InChI=1S/C14H19NO3/c1-11(10-18-12-6-3-2-4-7-12)15-14(13(16)17)8-5-9-14/h2-4,6-7,11,15H,5,8-10H2,1H3,(H,16,17)/t11-/m0/s1. The lowest BCUT2D eigenvalue weighted by atomic mass is 9.76. The van der Waals surface area contributed by atoms with Crippen LogP contribution in [0, 0.1) is 0 Å². The Morgan fingerprint density at radius 3 is 2.61 bits per heavy atom. The van der Waals surface area contributed by atoms with E-state index in [2.05, 4.69) is 5.32 Å². The minimum Gasteiger partial charge on any atom is -0.492 e. The molecule has 1 atom stereocenters. The van der Waals surface area contributed by atoms with Crippen molar-refractivity contribution < 1.29 is 14.6 Å². The summed E-state index contributed by atoms with van der Waals surface area (Å²) in [5.41, 5.74) is -0.723. The van der Waals surface area contributed by atoms with E-state index in [1.54, 1.807) is 0 Å². The Balaban J connectivity index is 1.82. The quantitative estimate of drug-likeness (QED) is 0.810. The molecular weight excluding hydrogens is 230 g/mol. The number of aliphatic carboxylic acids is 1. The first-order chi connectivity index (χ1) is 8.62. The number of hydrogen-bond acceptors (Lipinski definition) is 3. The van der Waals surface area contributed by atoms with Gasteiger partial charge in [0.25, 0.3) is 0 Å². The van der Waals surface area contributed by atoms with Crippen molar-refractivity contribution in [2.45, 2.75) is 37.8 Å². The third-order valence-corrected chi connectivity index (χ3v) is 3.38. The molecule has 1 aromatic carbocycles. The molecule has 1 aliphatic rings. The number of ether oxygens (including phenoxy) is 1. The van der Waals surface area contributed by atoms with Gasteiger partial charge in [-0.25, -0.2) is 0 Å². The molecular formula is C14H19NO3. The number of nitrogens with one attached hydrogen (secondary N) is 1. The predicted octanol–water partition coefficient (Wildman–Crippen LogP) is 2.05. The van der Waals surface area contributed by atoms with Gasteiger partial charge in [-0.3, -0.25) is 10.1 Å². The van der Waals surface area contributed by atoms with Crippen LogP contribution in [0.5, 0.6) is 5.75 Å². The first-order valence-electron chi connectivity index (χ1n) is 6.31. The van der Waals surface area contributed by atoms with Crippen LogP contribution in [0.1, 0.15) is 26.2 Å². The van der Waals surface area contributed by atoms with E-state index >= 15 is 0 Å². The molecule has 1 saturated carbocycles. The molecule has 2 rings (SSSR count). The molecule has 0 unspecified atom stereocenters. The summed E-state index contributed by atoms with van der Waals surface area (Å²) in [5.74, 6) is 0.0597. The zero-order valence-electron chi connectivity index (χ0n) is 10.6. The van der Waals surface area contributed by atoms with Crippen LogP contribution < -0.4 is 10.1 Å². The summed E-state index contributed by atoms with van der Waals surface area (Å²) in [7, 11) is 0. The zero-order chi connectivity index (χ0) is 13.0. The van der Waals surface area contributed by atoms with E-state index in [1.807, 2.05) is 37.3 Å². The maximum atomic E-state index is 11.2. The number of carboxylic acid groups (broad SMARTS) is 1. The van der Waals surface area contributed by atoms with Crippen molar-refractivity contribution in [1.29, 1.82) is 0 Å². The lowest BCUT2D eigenvalue weighted by Crippen LogP contribution is -2.60. The van der Waals surface area contributed by atoms with Gasteiger partial charge in [-0.2, -0.15) is 0 Å². The van der Waals surface area contributed by atoms with Crippen molar-refractivity contribution in [1.82, 2.24) is 5.32 Å². The minimum absolute atomic E-state index is 0.0154. The van der Waals surface area contributed by atoms with E-state index in [0.29, 0.717) is 19.4 Å². The smallest absolute Gasteiger partial charge is 0.323 e. The second-order valence-corrected chi connectivity index (χ2v) is 4.91.